The number of anilines is 1. The van der Waals surface area contributed by atoms with Crippen LogP contribution in [-0.2, 0) is 0 Å². The molecule has 1 heterocycles. The van der Waals surface area contributed by atoms with E-state index in [9.17, 15) is 0 Å². The van der Waals surface area contributed by atoms with E-state index in [0.29, 0.717) is 5.69 Å². The first kappa shape index (κ1) is 5.18. The fourth-order valence-corrected chi connectivity index (χ4v) is 0.441. The summed E-state index contributed by atoms with van der Waals surface area (Å²) in [6.45, 7) is 0. The molecule has 44 valence electrons. The Kier molecular flexibility index (Phi) is 1.22. The molecule has 0 aliphatic rings. The molecule has 0 unspecified atom stereocenters. The van der Waals surface area contributed by atoms with Crippen molar-refractivity contribution in [1.29, 1.82) is 0 Å². The summed E-state index contributed by atoms with van der Waals surface area (Å²) in [7, 11) is 1.53. The van der Waals surface area contributed by atoms with Gasteiger partial charge in [0.2, 0.25) is 0 Å². The fourth-order valence-electron chi connectivity index (χ4n) is 0.441. The number of rotatable bonds is 1. The number of nitrogens with zero attached hydrogens (tertiary/aromatic N) is 1. The molecule has 0 saturated heterocycles. The van der Waals surface area contributed by atoms with Gasteiger partial charge >= 0.3 is 0 Å². The van der Waals surface area contributed by atoms with E-state index in [4.69, 9.17) is 5.21 Å². The lowest BCUT2D eigenvalue weighted by molar-refractivity contribution is 0.278. The maximum absolute atomic E-state index is 8.69. The van der Waals surface area contributed by atoms with E-state index >= 15 is 0 Å². The van der Waals surface area contributed by atoms with Crippen molar-refractivity contribution in [2.24, 2.45) is 0 Å². The lowest BCUT2D eigenvalue weighted by atomic mass is 10.5. The minimum atomic E-state index is 0.657. The molecule has 8 heavy (non-hydrogen) atoms. The molecular weight excluding hydrogens is 106 g/mol. The van der Waals surface area contributed by atoms with Gasteiger partial charge in [-0.1, -0.05) is 0 Å². The second-order valence-corrected chi connectivity index (χ2v) is 1.51. The van der Waals surface area contributed by atoms with Gasteiger partial charge in [-0.15, -0.1) is 0 Å². The Morgan fingerprint density at radius 2 is 2.50 bits per heavy atom. The molecular formula is C5H7NO2. The second kappa shape index (κ2) is 1.88. The normalized spacial score (nSPS) is 9.25. The Balaban J connectivity index is 2.77. The molecule has 1 N–H and O–H groups in total. The zero-order valence-electron chi connectivity index (χ0n) is 4.53. The van der Waals surface area contributed by atoms with Gasteiger partial charge in [0.05, 0.1) is 6.26 Å². The van der Waals surface area contributed by atoms with E-state index in [1.54, 1.807) is 6.07 Å². The summed E-state index contributed by atoms with van der Waals surface area (Å²) < 4.78 is 4.67. The molecule has 3 nitrogen and oxygen atoms in total. The highest BCUT2D eigenvalue weighted by atomic mass is 16.5. The highest BCUT2D eigenvalue weighted by Gasteiger charge is 1.93. The van der Waals surface area contributed by atoms with Crippen molar-refractivity contribution in [2.75, 3.05) is 12.1 Å². The van der Waals surface area contributed by atoms with E-state index in [1.165, 1.54) is 19.6 Å². The molecule has 1 aromatic heterocycles. The first-order valence-corrected chi connectivity index (χ1v) is 2.25. The number of furan rings is 1. The number of hydrogen-bond acceptors (Lipinski definition) is 3. The third-order valence-corrected chi connectivity index (χ3v) is 0.880. The molecule has 0 aliphatic heterocycles. The monoisotopic (exact) mass is 113 g/mol. The third-order valence-electron chi connectivity index (χ3n) is 0.880. The molecule has 0 amide bonds. The molecule has 1 rings (SSSR count). The molecule has 0 radical (unpaired) electrons. The summed E-state index contributed by atoms with van der Waals surface area (Å²) in [6, 6.07) is 1.67. The van der Waals surface area contributed by atoms with Crippen LogP contribution in [0.2, 0.25) is 0 Å². The van der Waals surface area contributed by atoms with E-state index in [-0.39, 0.29) is 0 Å². The first-order valence-electron chi connectivity index (χ1n) is 2.25. The van der Waals surface area contributed by atoms with Crippen LogP contribution in [0.4, 0.5) is 5.69 Å². The fraction of sp³-hybridized carbons (Fsp3) is 0.200. The maximum atomic E-state index is 8.69. The average molecular weight is 113 g/mol. The zero-order chi connectivity index (χ0) is 5.98. The van der Waals surface area contributed by atoms with Crippen LogP contribution in [0.5, 0.6) is 0 Å². The van der Waals surface area contributed by atoms with Crippen LogP contribution in [0.1, 0.15) is 0 Å². The Labute approximate surface area is 47.1 Å². The summed E-state index contributed by atoms with van der Waals surface area (Å²) in [5.41, 5.74) is 0.657. The highest BCUT2D eigenvalue weighted by molar-refractivity contribution is 5.37. The smallest absolute Gasteiger partial charge is 0.116 e. The first-order chi connectivity index (χ1) is 3.80. The van der Waals surface area contributed by atoms with Gasteiger partial charge in [0, 0.05) is 13.1 Å². The third kappa shape index (κ3) is 0.816. The Morgan fingerprint density at radius 3 is 2.75 bits per heavy atom. The zero-order valence-corrected chi connectivity index (χ0v) is 4.53. The quantitative estimate of drug-likeness (QED) is 0.554. The predicted octanol–water partition coefficient (Wildman–Crippen LogP) is 1.10. The van der Waals surface area contributed by atoms with Crippen LogP contribution in [-0.4, -0.2) is 12.3 Å². The lowest BCUT2D eigenvalue weighted by Crippen LogP contribution is -2.07. The van der Waals surface area contributed by atoms with Crippen LogP contribution in [0.3, 0.4) is 0 Å². The van der Waals surface area contributed by atoms with E-state index in [1.807, 2.05) is 0 Å². The van der Waals surface area contributed by atoms with Gasteiger partial charge in [-0.25, -0.2) is 0 Å². The molecule has 0 aliphatic carbocycles. The number of hydroxylamine groups is 1. The molecule has 0 atom stereocenters. The minimum absolute atomic E-state index is 0.657. The van der Waals surface area contributed by atoms with Crippen molar-refractivity contribution >= 4 is 5.69 Å². The molecule has 0 fully saturated rings. The van der Waals surface area contributed by atoms with E-state index < -0.39 is 0 Å². The highest BCUT2D eigenvalue weighted by Crippen LogP contribution is 2.08. The van der Waals surface area contributed by atoms with Crippen molar-refractivity contribution in [3.63, 3.8) is 0 Å². The number of hydrogen-bond donors (Lipinski definition) is 1. The molecule has 0 spiro atoms. The predicted molar refractivity (Wildman–Crippen MR) is 28.9 cm³/mol. The molecule has 1 aromatic rings. The Morgan fingerprint density at radius 1 is 1.75 bits per heavy atom. The van der Waals surface area contributed by atoms with Crippen LogP contribution in [0, 0.1) is 0 Å². The average Bonchev–Trinajstić information content (AvgIpc) is 2.12. The Hall–Kier alpha value is -0.960. The van der Waals surface area contributed by atoms with Gasteiger partial charge in [-0.2, -0.15) is 0 Å². The maximum Gasteiger partial charge on any atom is 0.116 e. The van der Waals surface area contributed by atoms with Gasteiger partial charge in [0.15, 0.2) is 0 Å². The van der Waals surface area contributed by atoms with Crippen molar-refractivity contribution in [3.05, 3.63) is 18.6 Å². The molecule has 3 heteroatoms. The topological polar surface area (TPSA) is 36.6 Å². The van der Waals surface area contributed by atoms with Crippen LogP contribution in [0.15, 0.2) is 23.0 Å². The van der Waals surface area contributed by atoms with Crippen molar-refractivity contribution in [1.82, 2.24) is 0 Å². The summed E-state index contributed by atoms with van der Waals surface area (Å²) in [4.78, 5) is 0. The second-order valence-electron chi connectivity index (χ2n) is 1.51. The minimum Gasteiger partial charge on any atom is -0.470 e. The molecule has 0 bridgehead atoms. The largest absolute Gasteiger partial charge is 0.470 e. The van der Waals surface area contributed by atoms with Crippen molar-refractivity contribution in [2.45, 2.75) is 0 Å². The van der Waals surface area contributed by atoms with Gasteiger partial charge in [-0.3, -0.25) is 10.3 Å². The summed E-state index contributed by atoms with van der Waals surface area (Å²) in [6.07, 6.45) is 2.96. The van der Waals surface area contributed by atoms with Crippen LogP contribution >= 0.6 is 0 Å². The van der Waals surface area contributed by atoms with Crippen LogP contribution in [0.25, 0.3) is 0 Å². The van der Waals surface area contributed by atoms with Gasteiger partial charge in [0.1, 0.15) is 12.0 Å². The SMILES string of the molecule is CN(O)c1ccoc1. The molecule has 0 aromatic carbocycles. The summed E-state index contributed by atoms with van der Waals surface area (Å²) in [5.74, 6) is 0. The summed E-state index contributed by atoms with van der Waals surface area (Å²) >= 11 is 0. The van der Waals surface area contributed by atoms with E-state index in [0.717, 1.165) is 5.06 Å². The van der Waals surface area contributed by atoms with Gasteiger partial charge < -0.3 is 4.42 Å². The summed E-state index contributed by atoms with van der Waals surface area (Å²) in [5, 5.41) is 9.68. The molecule has 0 saturated carbocycles. The van der Waals surface area contributed by atoms with Crippen LogP contribution < -0.4 is 5.06 Å². The lowest BCUT2D eigenvalue weighted by Gasteiger charge is -2.03. The van der Waals surface area contributed by atoms with Crippen molar-refractivity contribution in [3.8, 4) is 0 Å². The van der Waals surface area contributed by atoms with Gasteiger partial charge in [0.25, 0.3) is 0 Å². The van der Waals surface area contributed by atoms with Gasteiger partial charge in [-0.05, 0) is 0 Å². The standard InChI is InChI=1S/C5H7NO2/c1-6(7)5-2-3-8-4-5/h2-4,7H,1H3. The van der Waals surface area contributed by atoms with E-state index in [2.05, 4.69) is 4.42 Å². The Bertz CT molecular complexity index is 145. The van der Waals surface area contributed by atoms with Crippen molar-refractivity contribution < 1.29 is 9.62 Å².